The van der Waals surface area contributed by atoms with Crippen LogP contribution >= 0.6 is 24.8 Å². The van der Waals surface area contributed by atoms with Crippen LogP contribution in [-0.4, -0.2) is 19.4 Å². The van der Waals surface area contributed by atoms with E-state index in [1.165, 1.54) is 23.9 Å². The van der Waals surface area contributed by atoms with Crippen LogP contribution in [0.1, 0.15) is 26.7 Å². The summed E-state index contributed by atoms with van der Waals surface area (Å²) in [5.74, 6) is 0. The molecule has 136 valence electrons. The quantitative estimate of drug-likeness (QED) is 0.257. The Morgan fingerprint density at radius 1 is 0.792 bits per heavy atom. The van der Waals surface area contributed by atoms with Gasteiger partial charge in [0.2, 0.25) is 0 Å². The van der Waals surface area contributed by atoms with Gasteiger partial charge in [0, 0.05) is 0 Å². The van der Waals surface area contributed by atoms with Crippen molar-refractivity contribution in [3.05, 3.63) is 46.8 Å². The van der Waals surface area contributed by atoms with Gasteiger partial charge in [-0.2, -0.15) is 12.2 Å². The van der Waals surface area contributed by atoms with Crippen LogP contribution in [0.3, 0.4) is 0 Å². The average molecular weight is 568 g/mol. The van der Waals surface area contributed by atoms with E-state index in [1.807, 2.05) is 0 Å². The Kier molecular flexibility index (Phi) is 17.0. The minimum absolute atomic E-state index is 0. The van der Waals surface area contributed by atoms with Gasteiger partial charge in [0.15, 0.2) is 0 Å². The zero-order valence-corrected chi connectivity index (χ0v) is 23.8. The van der Waals surface area contributed by atoms with Crippen LogP contribution in [0.2, 0.25) is 39.3 Å². The fourth-order valence-electron chi connectivity index (χ4n) is 1.84. The van der Waals surface area contributed by atoms with E-state index in [9.17, 15) is 0 Å². The topological polar surface area (TPSA) is 0 Å². The Morgan fingerprint density at radius 3 is 1.12 bits per heavy atom. The van der Waals surface area contributed by atoms with Crippen molar-refractivity contribution in [2.45, 2.75) is 66.0 Å². The Labute approximate surface area is 179 Å². The summed E-state index contributed by atoms with van der Waals surface area (Å²) in [6.07, 6.45) is 17.4. The van der Waals surface area contributed by atoms with Gasteiger partial charge >= 0.3 is 41.0 Å². The van der Waals surface area contributed by atoms with Gasteiger partial charge in [-0.25, -0.2) is 22.5 Å². The first-order chi connectivity index (χ1) is 9.94. The van der Waals surface area contributed by atoms with Gasteiger partial charge in [-0.1, -0.05) is 39.3 Å². The normalized spacial score (nSPS) is 14.9. The number of hydrogen-bond acceptors (Lipinski definition) is 0. The average Bonchev–Trinajstić information content (AvgIpc) is 3.02. The van der Waals surface area contributed by atoms with Crippen molar-refractivity contribution in [1.29, 1.82) is 0 Å². The van der Waals surface area contributed by atoms with Crippen molar-refractivity contribution in [3.8, 4) is 0 Å². The molecule has 0 aliphatic heterocycles. The Balaban J connectivity index is -0.000000283. The first kappa shape index (κ1) is 29.5. The maximum Gasteiger partial charge on any atom is -0.0114 e. The molecule has 2 rings (SSSR count). The SMILES string of the molecule is C[C](C)=[Hf+2].C[Si](C)(C)C1=CC[C-]=C1.C[Si](C)(C)C1=CC[C-]=C1.Cl.Cl. The van der Waals surface area contributed by atoms with E-state index in [0.29, 0.717) is 0 Å². The van der Waals surface area contributed by atoms with Gasteiger partial charge in [0.25, 0.3) is 0 Å². The largest absolute Gasteiger partial charge is 0.273 e. The van der Waals surface area contributed by atoms with Crippen LogP contribution in [0.25, 0.3) is 0 Å². The van der Waals surface area contributed by atoms with E-state index in [0.717, 1.165) is 12.8 Å². The van der Waals surface area contributed by atoms with Crippen molar-refractivity contribution in [2.75, 3.05) is 0 Å². The van der Waals surface area contributed by atoms with Gasteiger partial charge in [-0.3, -0.25) is 12.2 Å². The Morgan fingerprint density at radius 2 is 1.04 bits per heavy atom. The van der Waals surface area contributed by atoms with E-state index in [4.69, 9.17) is 0 Å². The molecule has 0 spiro atoms. The molecule has 0 aromatic carbocycles. The van der Waals surface area contributed by atoms with Crippen molar-refractivity contribution in [1.82, 2.24) is 0 Å². The third kappa shape index (κ3) is 15.0. The standard InChI is InChI=1S/2C8H13Si.C3H6.2ClH.Hf/c2*1-9(2,3)8-6-4-5-7-8;1-3-2;;;/h2*6-7H,4H2,1-3H3;1-2H3;2*1H;/q2*-1;;;;+2. The summed E-state index contributed by atoms with van der Waals surface area (Å²) in [4.78, 5) is 0. The summed E-state index contributed by atoms with van der Waals surface area (Å²) >= 11 is 1.27. The van der Waals surface area contributed by atoms with Crippen molar-refractivity contribution in [3.63, 3.8) is 0 Å². The van der Waals surface area contributed by atoms with E-state index >= 15 is 0 Å². The fourth-order valence-corrected chi connectivity index (χ4v) is 4.34. The fraction of sp³-hybridized carbons (Fsp3) is 0.526. The molecule has 0 nitrogen and oxygen atoms in total. The van der Waals surface area contributed by atoms with Crippen LogP contribution in [0.4, 0.5) is 0 Å². The maximum atomic E-state index is 3.20. The van der Waals surface area contributed by atoms with E-state index in [-0.39, 0.29) is 24.8 Å². The number of rotatable bonds is 2. The second kappa shape index (κ2) is 13.9. The van der Waals surface area contributed by atoms with Crippen molar-refractivity contribution >= 4 is 44.2 Å². The first-order valence-corrected chi connectivity index (χ1v) is 16.8. The molecule has 2 aliphatic rings. The Bertz CT molecular complexity index is 446. The Hall–Kier alpha value is 0.714. The third-order valence-corrected chi connectivity index (χ3v) is 7.29. The molecule has 0 aromatic heterocycles. The molecule has 0 amide bonds. The third-order valence-electron chi connectivity index (χ3n) is 3.13. The van der Waals surface area contributed by atoms with Crippen LogP contribution in [0, 0.1) is 12.2 Å². The molecule has 0 aromatic rings. The molecule has 0 unspecified atom stereocenters. The number of allylic oxidation sites excluding steroid dienone is 8. The van der Waals surface area contributed by atoms with Gasteiger partial charge in [0.05, 0.1) is 0 Å². The summed E-state index contributed by atoms with van der Waals surface area (Å²) in [5, 5.41) is 3.12. The minimum atomic E-state index is -0.981. The molecule has 24 heavy (non-hydrogen) atoms. The molecule has 0 saturated carbocycles. The van der Waals surface area contributed by atoms with E-state index in [2.05, 4.69) is 89.6 Å². The van der Waals surface area contributed by atoms with Crippen LogP contribution < -0.4 is 0 Å². The summed E-state index contributed by atoms with van der Waals surface area (Å²) in [5.41, 5.74) is 0. The first-order valence-electron chi connectivity index (χ1n) is 8.01. The van der Waals surface area contributed by atoms with Crippen LogP contribution in [0.5, 0.6) is 0 Å². The maximum absolute atomic E-state index is 3.20. The van der Waals surface area contributed by atoms with E-state index in [1.54, 1.807) is 13.6 Å². The number of hydrogen-bond donors (Lipinski definition) is 0. The molecule has 0 radical (unpaired) electrons. The molecular formula is C19H34Cl2HfSi2. The van der Waals surface area contributed by atoms with Gasteiger partial charge in [-0.05, 0) is 16.1 Å². The molecule has 0 fully saturated rings. The zero-order valence-electron chi connectivity index (χ0n) is 16.5. The molecular weight excluding hydrogens is 534 g/mol. The minimum Gasteiger partial charge on any atom is -0.273 e. The molecule has 0 heterocycles. The summed E-state index contributed by atoms with van der Waals surface area (Å²) in [6, 6.07) is 0. The second-order valence-corrected chi connectivity index (χ2v) is 21.7. The zero-order chi connectivity index (χ0) is 17.4. The van der Waals surface area contributed by atoms with Gasteiger partial charge < -0.3 is 0 Å². The molecule has 0 N–H and O–H groups in total. The van der Waals surface area contributed by atoms with Gasteiger partial charge in [0.1, 0.15) is 0 Å². The molecule has 0 bridgehead atoms. The van der Waals surface area contributed by atoms with Crippen LogP contribution in [0.15, 0.2) is 34.7 Å². The second-order valence-electron chi connectivity index (χ2n) is 7.92. The monoisotopic (exact) mass is 568 g/mol. The molecule has 2 aliphatic carbocycles. The summed E-state index contributed by atoms with van der Waals surface area (Å²) < 4.78 is 1.56. The predicted molar refractivity (Wildman–Crippen MR) is 119 cm³/mol. The van der Waals surface area contributed by atoms with Crippen molar-refractivity contribution < 1.29 is 23.9 Å². The van der Waals surface area contributed by atoms with Crippen LogP contribution in [-0.2, 0) is 23.9 Å². The van der Waals surface area contributed by atoms with Gasteiger partial charge in [-0.15, -0.1) is 37.7 Å². The molecule has 0 atom stereocenters. The summed E-state index contributed by atoms with van der Waals surface area (Å²) in [6.45, 7) is 18.5. The van der Waals surface area contributed by atoms with E-state index < -0.39 is 16.1 Å². The van der Waals surface area contributed by atoms with Crippen molar-refractivity contribution in [2.24, 2.45) is 0 Å². The molecule has 5 heteroatoms. The smallest absolute Gasteiger partial charge is 0.0114 e. The summed E-state index contributed by atoms with van der Waals surface area (Å²) in [7, 11) is -1.96. The predicted octanol–water partition coefficient (Wildman–Crippen LogP) is 6.70. The molecule has 0 saturated heterocycles. The number of halogens is 2.